The van der Waals surface area contributed by atoms with Gasteiger partial charge in [-0.05, 0) is 19.8 Å². The molecule has 2 aromatic carbocycles. The molecule has 0 atom stereocenters. The molecular formula is C19H22N2OS. The van der Waals surface area contributed by atoms with Crippen molar-refractivity contribution in [2.75, 3.05) is 11.9 Å². The summed E-state index contributed by atoms with van der Waals surface area (Å²) in [5, 5.41) is 7.03. The maximum atomic E-state index is 5.84. The second-order valence-electron chi connectivity index (χ2n) is 6.20. The fraction of sp³-hybridized carbons (Fsp3) is 0.421. The van der Waals surface area contributed by atoms with Crippen LogP contribution in [0.3, 0.4) is 0 Å². The zero-order valence-corrected chi connectivity index (χ0v) is 14.3. The van der Waals surface area contributed by atoms with Gasteiger partial charge in [0.15, 0.2) is 5.13 Å². The monoisotopic (exact) mass is 326 g/mol. The molecule has 0 unspecified atom stereocenters. The van der Waals surface area contributed by atoms with Crippen LogP contribution in [0, 0.1) is 0 Å². The topological polar surface area (TPSA) is 34.1 Å². The Kier molecular flexibility index (Phi) is 4.08. The minimum Gasteiger partial charge on any atom is -0.493 e. The van der Waals surface area contributed by atoms with Crippen molar-refractivity contribution in [1.82, 2.24) is 4.98 Å². The average Bonchev–Trinajstić information content (AvgIpc) is 2.99. The first-order valence-corrected chi connectivity index (χ1v) is 9.38. The second kappa shape index (κ2) is 6.36. The van der Waals surface area contributed by atoms with E-state index in [9.17, 15) is 0 Å². The smallest absolute Gasteiger partial charge is 0.184 e. The first kappa shape index (κ1) is 14.8. The minimum atomic E-state index is 0.585. The summed E-state index contributed by atoms with van der Waals surface area (Å²) in [5.74, 6) is 0.962. The lowest BCUT2D eigenvalue weighted by Crippen LogP contribution is -2.21. The van der Waals surface area contributed by atoms with Gasteiger partial charge < -0.3 is 10.1 Å². The van der Waals surface area contributed by atoms with Gasteiger partial charge in [-0.3, -0.25) is 0 Å². The van der Waals surface area contributed by atoms with Crippen LogP contribution in [-0.2, 0) is 0 Å². The number of benzene rings is 2. The van der Waals surface area contributed by atoms with E-state index in [1.54, 1.807) is 11.3 Å². The van der Waals surface area contributed by atoms with Crippen molar-refractivity contribution < 1.29 is 4.74 Å². The third-order valence-electron chi connectivity index (χ3n) is 4.60. The minimum absolute atomic E-state index is 0.585. The van der Waals surface area contributed by atoms with Crippen molar-refractivity contribution in [1.29, 1.82) is 0 Å². The van der Waals surface area contributed by atoms with Gasteiger partial charge in [0.1, 0.15) is 5.75 Å². The summed E-state index contributed by atoms with van der Waals surface area (Å²) < 4.78 is 7.04. The Morgan fingerprint density at radius 2 is 1.96 bits per heavy atom. The quantitative estimate of drug-likeness (QED) is 0.678. The molecule has 23 heavy (non-hydrogen) atoms. The van der Waals surface area contributed by atoms with Crippen LogP contribution in [0.1, 0.15) is 39.0 Å². The molecule has 1 fully saturated rings. The maximum Gasteiger partial charge on any atom is 0.184 e. The van der Waals surface area contributed by atoms with E-state index in [2.05, 4.69) is 35.6 Å². The number of fused-ring (bicyclic) bond motifs is 3. The number of hydrogen-bond acceptors (Lipinski definition) is 4. The molecule has 1 aliphatic carbocycles. The number of thiazole rings is 1. The lowest BCUT2D eigenvalue weighted by atomic mass is 9.96. The summed E-state index contributed by atoms with van der Waals surface area (Å²) in [4.78, 5) is 4.89. The Balaban J connectivity index is 1.76. The number of hydrogen-bond donors (Lipinski definition) is 1. The highest BCUT2D eigenvalue weighted by Crippen LogP contribution is 2.38. The van der Waals surface area contributed by atoms with Crippen LogP contribution in [0.25, 0.3) is 21.0 Å². The second-order valence-corrected chi connectivity index (χ2v) is 7.23. The number of nitrogens with zero attached hydrogens (tertiary/aromatic N) is 1. The van der Waals surface area contributed by atoms with Crippen LogP contribution >= 0.6 is 11.3 Å². The fourth-order valence-corrected chi connectivity index (χ4v) is 4.47. The average molecular weight is 326 g/mol. The molecule has 1 N–H and O–H groups in total. The number of rotatable bonds is 4. The molecule has 120 valence electrons. The first-order chi connectivity index (χ1) is 11.3. The number of nitrogens with one attached hydrogen (secondary N) is 1. The van der Waals surface area contributed by atoms with Gasteiger partial charge in [0.05, 0.1) is 16.8 Å². The molecule has 4 heteroatoms. The molecule has 0 saturated heterocycles. The van der Waals surface area contributed by atoms with E-state index in [-0.39, 0.29) is 0 Å². The Bertz CT molecular complexity index is 821. The van der Waals surface area contributed by atoms with Gasteiger partial charge in [-0.1, -0.05) is 54.9 Å². The number of ether oxygens (including phenoxy) is 1. The maximum absolute atomic E-state index is 5.84. The normalized spacial score (nSPS) is 16.0. The number of anilines is 1. The van der Waals surface area contributed by atoms with Gasteiger partial charge in [0, 0.05) is 22.9 Å². The highest BCUT2D eigenvalue weighted by Gasteiger charge is 2.16. The lowest BCUT2D eigenvalue weighted by Gasteiger charge is -2.22. The van der Waals surface area contributed by atoms with Crippen LogP contribution in [0.4, 0.5) is 5.13 Å². The molecule has 1 aliphatic rings. The van der Waals surface area contributed by atoms with Crippen molar-refractivity contribution in [3.05, 3.63) is 30.3 Å². The van der Waals surface area contributed by atoms with Gasteiger partial charge in [0.2, 0.25) is 0 Å². The van der Waals surface area contributed by atoms with Gasteiger partial charge in [-0.25, -0.2) is 4.98 Å². The van der Waals surface area contributed by atoms with Crippen molar-refractivity contribution in [2.45, 2.75) is 45.1 Å². The summed E-state index contributed by atoms with van der Waals surface area (Å²) in [7, 11) is 0. The molecule has 3 nitrogen and oxygen atoms in total. The van der Waals surface area contributed by atoms with Gasteiger partial charge in [-0.15, -0.1) is 0 Å². The van der Waals surface area contributed by atoms with E-state index < -0.39 is 0 Å². The Morgan fingerprint density at radius 1 is 1.17 bits per heavy atom. The van der Waals surface area contributed by atoms with E-state index in [1.807, 2.05) is 6.92 Å². The van der Waals surface area contributed by atoms with Crippen LogP contribution in [0.15, 0.2) is 30.3 Å². The molecule has 4 rings (SSSR count). The fourth-order valence-electron chi connectivity index (χ4n) is 3.48. The third kappa shape index (κ3) is 2.88. The third-order valence-corrected chi connectivity index (χ3v) is 5.53. The van der Waals surface area contributed by atoms with Gasteiger partial charge >= 0.3 is 0 Å². The molecule has 0 radical (unpaired) electrons. The Morgan fingerprint density at radius 3 is 2.74 bits per heavy atom. The van der Waals surface area contributed by atoms with E-state index in [4.69, 9.17) is 9.72 Å². The molecule has 1 aromatic heterocycles. The summed E-state index contributed by atoms with van der Waals surface area (Å²) in [5.41, 5.74) is 1.09. The van der Waals surface area contributed by atoms with E-state index in [1.165, 1.54) is 42.2 Å². The zero-order chi connectivity index (χ0) is 15.6. The summed E-state index contributed by atoms with van der Waals surface area (Å²) >= 11 is 1.74. The van der Waals surface area contributed by atoms with Crippen LogP contribution in [0.2, 0.25) is 0 Å². The predicted octanol–water partition coefficient (Wildman–Crippen LogP) is 5.59. The molecule has 1 saturated carbocycles. The molecule has 0 bridgehead atoms. The van der Waals surface area contributed by atoms with Gasteiger partial charge in [0.25, 0.3) is 0 Å². The highest BCUT2D eigenvalue weighted by molar-refractivity contribution is 7.22. The summed E-state index contributed by atoms with van der Waals surface area (Å²) in [6.45, 7) is 2.71. The van der Waals surface area contributed by atoms with Crippen LogP contribution in [0.5, 0.6) is 5.75 Å². The van der Waals surface area contributed by atoms with Crippen molar-refractivity contribution in [2.24, 2.45) is 0 Å². The van der Waals surface area contributed by atoms with Crippen LogP contribution < -0.4 is 10.1 Å². The first-order valence-electron chi connectivity index (χ1n) is 8.57. The standard InChI is InChI=1S/C19H22N2OS/c1-2-22-16-12-17-18(15-11-7-6-10-14(15)16)21-19(23-17)20-13-8-4-3-5-9-13/h6-7,10-13H,2-5,8-9H2,1H3,(H,20,21). The molecule has 0 amide bonds. The largest absolute Gasteiger partial charge is 0.493 e. The van der Waals surface area contributed by atoms with Gasteiger partial charge in [-0.2, -0.15) is 0 Å². The van der Waals surface area contributed by atoms with Crippen molar-refractivity contribution >= 4 is 37.5 Å². The van der Waals surface area contributed by atoms with Crippen LogP contribution in [-0.4, -0.2) is 17.6 Å². The van der Waals surface area contributed by atoms with E-state index in [0.29, 0.717) is 12.6 Å². The molecule has 0 spiro atoms. The highest BCUT2D eigenvalue weighted by atomic mass is 32.1. The molecule has 0 aliphatic heterocycles. The lowest BCUT2D eigenvalue weighted by molar-refractivity contribution is 0.345. The summed E-state index contributed by atoms with van der Waals surface area (Å²) in [6, 6.07) is 11.1. The Hall–Kier alpha value is -1.81. The number of aromatic nitrogens is 1. The SMILES string of the molecule is CCOc1cc2sc(NC3CCCCC3)nc2c2ccccc12. The summed E-state index contributed by atoms with van der Waals surface area (Å²) in [6.07, 6.45) is 6.57. The van der Waals surface area contributed by atoms with Crippen molar-refractivity contribution in [3.8, 4) is 5.75 Å². The molecule has 1 heterocycles. The van der Waals surface area contributed by atoms with Crippen molar-refractivity contribution in [3.63, 3.8) is 0 Å². The predicted molar refractivity (Wildman–Crippen MR) is 98.8 cm³/mol. The molecule has 3 aromatic rings. The van der Waals surface area contributed by atoms with E-state index in [0.717, 1.165) is 21.8 Å². The van der Waals surface area contributed by atoms with E-state index >= 15 is 0 Å². The Labute approximate surface area is 140 Å². The molecular weight excluding hydrogens is 304 g/mol. The zero-order valence-electron chi connectivity index (χ0n) is 13.5.